The molecule has 1 aromatic rings. The van der Waals surface area contributed by atoms with Crippen LogP contribution in [0.5, 0.6) is 5.75 Å². The highest BCUT2D eigenvalue weighted by Gasteiger charge is 2.18. The maximum atomic E-state index is 10.2. The average molecular weight is 303 g/mol. The molecule has 1 aliphatic rings. The van der Waals surface area contributed by atoms with Gasteiger partial charge in [-0.25, -0.2) is 0 Å². The molecule has 3 unspecified atom stereocenters. The first-order valence-electron chi connectivity index (χ1n) is 7.81. The summed E-state index contributed by atoms with van der Waals surface area (Å²) in [6, 6.07) is 7.58. The Bertz CT molecular complexity index is 522. The molecule has 0 amide bonds. The van der Waals surface area contributed by atoms with E-state index in [1.165, 1.54) is 5.56 Å². The average Bonchev–Trinajstić information content (AvgIpc) is 2.52. The molecule has 2 rings (SSSR count). The van der Waals surface area contributed by atoms with Crippen molar-refractivity contribution in [2.45, 2.75) is 38.3 Å². The summed E-state index contributed by atoms with van der Waals surface area (Å²) in [5.74, 6) is 0.630. The van der Waals surface area contributed by atoms with Crippen LogP contribution < -0.4 is 5.32 Å². The smallest absolute Gasteiger partial charge is 0.115 e. The van der Waals surface area contributed by atoms with Gasteiger partial charge in [0.05, 0.1) is 6.10 Å². The number of aliphatic hydroxyl groups excluding tert-OH is 2. The molecule has 0 aliphatic heterocycles. The number of aliphatic hydroxyl groups is 2. The maximum Gasteiger partial charge on any atom is 0.115 e. The molecule has 0 bridgehead atoms. The van der Waals surface area contributed by atoms with E-state index in [9.17, 15) is 15.3 Å². The highest BCUT2D eigenvalue weighted by molar-refractivity contribution is 5.25. The summed E-state index contributed by atoms with van der Waals surface area (Å²) >= 11 is 0. The number of phenolic OH excluding ortho intramolecular Hbond substituents is 1. The number of hydrogen-bond acceptors (Lipinski definition) is 4. The van der Waals surface area contributed by atoms with E-state index >= 15 is 0 Å². The Labute approximate surface area is 131 Å². The van der Waals surface area contributed by atoms with Crippen molar-refractivity contribution in [3.05, 3.63) is 53.8 Å². The minimum Gasteiger partial charge on any atom is -0.508 e. The zero-order valence-electron chi connectivity index (χ0n) is 12.9. The largest absolute Gasteiger partial charge is 0.508 e. The second kappa shape index (κ2) is 8.01. The van der Waals surface area contributed by atoms with E-state index in [2.05, 4.69) is 12.2 Å². The normalized spacial score (nSPS) is 20.5. The quantitative estimate of drug-likeness (QED) is 0.625. The lowest BCUT2D eigenvalue weighted by Crippen LogP contribution is -2.37. The fourth-order valence-corrected chi connectivity index (χ4v) is 2.53. The fourth-order valence-electron chi connectivity index (χ4n) is 2.53. The first-order valence-corrected chi connectivity index (χ1v) is 7.81. The van der Waals surface area contributed by atoms with Gasteiger partial charge in [0.25, 0.3) is 0 Å². The Morgan fingerprint density at radius 1 is 1.23 bits per heavy atom. The lowest BCUT2D eigenvalue weighted by Gasteiger charge is -2.23. The molecule has 4 nitrogen and oxygen atoms in total. The van der Waals surface area contributed by atoms with Crippen molar-refractivity contribution in [2.75, 3.05) is 6.54 Å². The molecule has 0 aromatic heterocycles. The number of hydrogen-bond donors (Lipinski definition) is 4. The van der Waals surface area contributed by atoms with Crippen molar-refractivity contribution in [3.8, 4) is 5.75 Å². The Kier molecular flexibility index (Phi) is 6.04. The van der Waals surface area contributed by atoms with Gasteiger partial charge in [0.1, 0.15) is 11.5 Å². The predicted molar refractivity (Wildman–Crippen MR) is 87.9 cm³/mol. The number of nitrogens with one attached hydrogen (secondary N) is 1. The number of benzene rings is 1. The van der Waals surface area contributed by atoms with Crippen molar-refractivity contribution in [2.24, 2.45) is 5.92 Å². The van der Waals surface area contributed by atoms with Gasteiger partial charge in [-0.05, 0) is 56.0 Å². The van der Waals surface area contributed by atoms with Crippen molar-refractivity contribution in [1.29, 1.82) is 0 Å². The Morgan fingerprint density at radius 2 is 1.95 bits per heavy atom. The van der Waals surface area contributed by atoms with Crippen LogP contribution in [0.3, 0.4) is 0 Å². The lowest BCUT2D eigenvalue weighted by molar-refractivity contribution is 0.124. The number of aromatic hydroxyl groups is 1. The molecule has 1 aromatic carbocycles. The minimum atomic E-state index is -0.447. The van der Waals surface area contributed by atoms with Gasteiger partial charge in [0, 0.05) is 18.5 Å². The van der Waals surface area contributed by atoms with Crippen molar-refractivity contribution >= 4 is 0 Å². The summed E-state index contributed by atoms with van der Waals surface area (Å²) in [7, 11) is 0. The zero-order chi connectivity index (χ0) is 15.9. The summed E-state index contributed by atoms with van der Waals surface area (Å²) in [5, 5.41) is 32.1. The molecule has 3 atom stereocenters. The van der Waals surface area contributed by atoms with Crippen LogP contribution in [0.4, 0.5) is 0 Å². The summed E-state index contributed by atoms with van der Waals surface area (Å²) in [5.41, 5.74) is 1.20. The van der Waals surface area contributed by atoms with Gasteiger partial charge in [0.15, 0.2) is 0 Å². The molecule has 120 valence electrons. The number of phenols is 1. The third kappa shape index (κ3) is 5.20. The number of rotatable bonds is 7. The van der Waals surface area contributed by atoms with E-state index in [4.69, 9.17) is 0 Å². The molecule has 0 radical (unpaired) electrons. The molecule has 0 spiro atoms. The van der Waals surface area contributed by atoms with Crippen molar-refractivity contribution < 1.29 is 15.3 Å². The second-order valence-electron chi connectivity index (χ2n) is 5.97. The molecule has 22 heavy (non-hydrogen) atoms. The number of allylic oxidation sites excluding steroid dienone is 2. The molecule has 0 heterocycles. The standard InChI is InChI=1S/C18H25NO3/c1-13(2-3-14-4-8-16(20)9-5-14)19-12-18(22)15-6-10-17(21)11-7-15/h4-6,8-11,13,15,18-22H,2-3,7,12H2,1H3. The van der Waals surface area contributed by atoms with Gasteiger partial charge >= 0.3 is 0 Å². The van der Waals surface area contributed by atoms with Crippen molar-refractivity contribution in [3.63, 3.8) is 0 Å². The molecular formula is C18H25NO3. The van der Waals surface area contributed by atoms with Gasteiger partial charge in [-0.2, -0.15) is 0 Å². The first-order chi connectivity index (χ1) is 10.5. The summed E-state index contributed by atoms with van der Waals surface area (Å²) in [4.78, 5) is 0. The molecule has 0 saturated carbocycles. The molecule has 0 fully saturated rings. The molecular weight excluding hydrogens is 278 g/mol. The van der Waals surface area contributed by atoms with Crippen LogP contribution >= 0.6 is 0 Å². The van der Waals surface area contributed by atoms with Crippen molar-refractivity contribution in [1.82, 2.24) is 5.32 Å². The van der Waals surface area contributed by atoms with E-state index in [1.807, 2.05) is 18.2 Å². The van der Waals surface area contributed by atoms with Gasteiger partial charge in [-0.1, -0.05) is 18.2 Å². The molecule has 0 saturated heterocycles. The van der Waals surface area contributed by atoms with E-state index < -0.39 is 6.10 Å². The van der Waals surface area contributed by atoms with Crippen LogP contribution in [0.1, 0.15) is 25.3 Å². The highest BCUT2D eigenvalue weighted by atomic mass is 16.3. The van der Waals surface area contributed by atoms with Gasteiger partial charge < -0.3 is 20.6 Å². The molecule has 1 aliphatic carbocycles. The SMILES string of the molecule is CC(CCc1ccc(O)cc1)NCC(O)C1C=CC(O)=CC1. The lowest BCUT2D eigenvalue weighted by atomic mass is 9.94. The minimum absolute atomic E-state index is 0.0627. The maximum absolute atomic E-state index is 10.2. The van der Waals surface area contributed by atoms with E-state index in [-0.39, 0.29) is 11.7 Å². The van der Waals surface area contributed by atoms with Gasteiger partial charge in [-0.3, -0.25) is 0 Å². The van der Waals surface area contributed by atoms with E-state index in [1.54, 1.807) is 24.3 Å². The molecule has 4 N–H and O–H groups in total. The summed E-state index contributed by atoms with van der Waals surface area (Å²) in [6.07, 6.45) is 7.38. The van der Waals surface area contributed by atoms with Crippen LogP contribution in [0.25, 0.3) is 0 Å². The van der Waals surface area contributed by atoms with Crippen LogP contribution in [-0.4, -0.2) is 34.0 Å². The summed E-state index contributed by atoms with van der Waals surface area (Å²) < 4.78 is 0. The van der Waals surface area contributed by atoms with Gasteiger partial charge in [-0.15, -0.1) is 0 Å². The van der Waals surface area contributed by atoms with Crippen LogP contribution in [0.2, 0.25) is 0 Å². The topological polar surface area (TPSA) is 72.7 Å². The van der Waals surface area contributed by atoms with E-state index in [0.29, 0.717) is 24.8 Å². The predicted octanol–water partition coefficient (Wildman–Crippen LogP) is 2.68. The fraction of sp³-hybridized carbons (Fsp3) is 0.444. The first kappa shape index (κ1) is 16.6. The van der Waals surface area contributed by atoms with Crippen LogP contribution in [0, 0.1) is 5.92 Å². The highest BCUT2D eigenvalue weighted by Crippen LogP contribution is 2.18. The third-order valence-electron chi connectivity index (χ3n) is 4.09. The monoisotopic (exact) mass is 303 g/mol. The van der Waals surface area contributed by atoms with E-state index in [0.717, 1.165) is 12.8 Å². The third-order valence-corrected chi connectivity index (χ3v) is 4.09. The summed E-state index contributed by atoms with van der Waals surface area (Å²) in [6.45, 7) is 2.65. The zero-order valence-corrected chi connectivity index (χ0v) is 12.9. The Hall–Kier alpha value is -1.78. The molecule has 4 heteroatoms. The van der Waals surface area contributed by atoms with Crippen LogP contribution in [0.15, 0.2) is 48.3 Å². The number of aryl methyl sites for hydroxylation is 1. The Balaban J connectivity index is 1.68. The van der Waals surface area contributed by atoms with Crippen LogP contribution in [-0.2, 0) is 6.42 Å². The van der Waals surface area contributed by atoms with Gasteiger partial charge in [0.2, 0.25) is 0 Å². The second-order valence-corrected chi connectivity index (χ2v) is 5.97. The Morgan fingerprint density at radius 3 is 2.59 bits per heavy atom.